The third-order valence-corrected chi connectivity index (χ3v) is 2.87. The van der Waals surface area contributed by atoms with Crippen molar-refractivity contribution in [2.75, 3.05) is 0 Å². The first-order chi connectivity index (χ1) is 4.52. The van der Waals surface area contributed by atoms with Crippen molar-refractivity contribution in [1.82, 2.24) is 4.37 Å². The van der Waals surface area contributed by atoms with Crippen molar-refractivity contribution in [3.63, 3.8) is 0 Å². The molecular formula is C3HClFNO2S2. The molecule has 1 aromatic heterocycles. The zero-order valence-corrected chi connectivity index (χ0v) is 6.80. The lowest BCUT2D eigenvalue weighted by molar-refractivity contribution is 0.552. The van der Waals surface area contributed by atoms with E-state index in [4.69, 9.17) is 11.6 Å². The van der Waals surface area contributed by atoms with Gasteiger partial charge in [0.15, 0.2) is 5.15 Å². The van der Waals surface area contributed by atoms with E-state index in [1.54, 1.807) is 0 Å². The first-order valence-electron chi connectivity index (χ1n) is 2.06. The summed E-state index contributed by atoms with van der Waals surface area (Å²) in [7, 11) is -4.67. The van der Waals surface area contributed by atoms with Crippen LogP contribution in [0.3, 0.4) is 0 Å². The molecule has 0 aliphatic rings. The second-order valence-corrected chi connectivity index (χ2v) is 3.71. The molecule has 0 aromatic carbocycles. The Labute approximate surface area is 65.8 Å². The van der Waals surface area contributed by atoms with Gasteiger partial charge in [-0.3, -0.25) is 0 Å². The Morgan fingerprint density at radius 3 is 2.50 bits per heavy atom. The molecule has 0 fully saturated rings. The molecular weight excluding hydrogens is 201 g/mol. The molecule has 0 atom stereocenters. The van der Waals surface area contributed by atoms with Gasteiger partial charge in [0.25, 0.3) is 0 Å². The third kappa shape index (κ3) is 1.44. The van der Waals surface area contributed by atoms with Crippen LogP contribution in [0, 0.1) is 0 Å². The molecule has 1 rings (SSSR count). The Bertz CT molecular complexity index is 332. The Kier molecular flexibility index (Phi) is 1.93. The highest BCUT2D eigenvalue weighted by atomic mass is 35.5. The lowest BCUT2D eigenvalue weighted by Crippen LogP contribution is -1.88. The van der Waals surface area contributed by atoms with E-state index in [1.807, 2.05) is 0 Å². The van der Waals surface area contributed by atoms with Gasteiger partial charge in [0, 0.05) is 5.38 Å². The summed E-state index contributed by atoms with van der Waals surface area (Å²) in [6, 6.07) is 0. The zero-order chi connectivity index (χ0) is 7.78. The molecule has 3 nitrogen and oxygen atoms in total. The van der Waals surface area contributed by atoms with Gasteiger partial charge >= 0.3 is 10.2 Å². The average molecular weight is 202 g/mol. The Morgan fingerprint density at radius 2 is 2.30 bits per heavy atom. The Balaban J connectivity index is 3.32. The minimum Gasteiger partial charge on any atom is -0.189 e. The molecule has 0 aliphatic heterocycles. The summed E-state index contributed by atoms with van der Waals surface area (Å²) in [5.41, 5.74) is 0. The second kappa shape index (κ2) is 2.44. The van der Waals surface area contributed by atoms with E-state index in [2.05, 4.69) is 4.37 Å². The molecule has 0 N–H and O–H groups in total. The maximum Gasteiger partial charge on any atom is 0.336 e. The molecule has 0 saturated carbocycles. The van der Waals surface area contributed by atoms with Gasteiger partial charge in [-0.2, -0.15) is 12.8 Å². The molecule has 0 bridgehead atoms. The van der Waals surface area contributed by atoms with Gasteiger partial charge in [-0.05, 0) is 11.5 Å². The van der Waals surface area contributed by atoms with Gasteiger partial charge < -0.3 is 0 Å². The van der Waals surface area contributed by atoms with Crippen LogP contribution in [0.1, 0.15) is 0 Å². The molecule has 0 saturated heterocycles. The van der Waals surface area contributed by atoms with Crippen molar-refractivity contribution < 1.29 is 12.3 Å². The predicted octanol–water partition coefficient (Wildman–Crippen LogP) is 1.45. The lowest BCUT2D eigenvalue weighted by atomic mass is 10.8. The fraction of sp³-hybridized carbons (Fsp3) is 0. The van der Waals surface area contributed by atoms with Crippen LogP contribution >= 0.6 is 23.1 Å². The summed E-state index contributed by atoms with van der Waals surface area (Å²) in [5.74, 6) is 0. The normalized spacial score (nSPS) is 11.8. The summed E-state index contributed by atoms with van der Waals surface area (Å²) < 4.78 is 35.7. The highest BCUT2D eigenvalue weighted by Gasteiger charge is 2.18. The molecule has 0 aliphatic carbocycles. The molecule has 0 spiro atoms. The second-order valence-electron chi connectivity index (χ2n) is 1.41. The van der Waals surface area contributed by atoms with Gasteiger partial charge in [-0.1, -0.05) is 11.6 Å². The zero-order valence-electron chi connectivity index (χ0n) is 4.41. The summed E-state index contributed by atoms with van der Waals surface area (Å²) in [6.07, 6.45) is 0. The van der Waals surface area contributed by atoms with Crippen molar-refractivity contribution >= 4 is 33.4 Å². The topological polar surface area (TPSA) is 47.0 Å². The number of rotatable bonds is 1. The highest BCUT2D eigenvalue weighted by Crippen LogP contribution is 2.22. The van der Waals surface area contributed by atoms with Crippen molar-refractivity contribution in [3.05, 3.63) is 10.5 Å². The summed E-state index contributed by atoms with van der Waals surface area (Å²) >= 11 is 6.00. The highest BCUT2D eigenvalue weighted by molar-refractivity contribution is 7.86. The molecule has 10 heavy (non-hydrogen) atoms. The van der Waals surface area contributed by atoms with Crippen molar-refractivity contribution in [2.24, 2.45) is 0 Å². The van der Waals surface area contributed by atoms with Gasteiger partial charge in [-0.15, -0.1) is 3.89 Å². The summed E-state index contributed by atoms with van der Waals surface area (Å²) in [5, 5.41) is 0.727. The molecule has 1 heterocycles. The van der Waals surface area contributed by atoms with E-state index in [0.717, 1.165) is 16.9 Å². The lowest BCUT2D eigenvalue weighted by Gasteiger charge is -1.84. The molecule has 56 valence electrons. The van der Waals surface area contributed by atoms with Crippen molar-refractivity contribution in [3.8, 4) is 0 Å². The minimum absolute atomic E-state index is 0.312. The van der Waals surface area contributed by atoms with Crippen LogP contribution in [0.4, 0.5) is 3.89 Å². The smallest absolute Gasteiger partial charge is 0.189 e. The average Bonchev–Trinajstić information content (AvgIpc) is 2.11. The molecule has 1 aromatic rings. The first-order valence-corrected chi connectivity index (χ1v) is 4.66. The minimum atomic E-state index is -4.67. The van der Waals surface area contributed by atoms with Crippen LogP contribution in [0.25, 0.3) is 0 Å². The van der Waals surface area contributed by atoms with Gasteiger partial charge in [0.05, 0.1) is 0 Å². The predicted molar refractivity (Wildman–Crippen MR) is 35.4 cm³/mol. The van der Waals surface area contributed by atoms with E-state index >= 15 is 0 Å². The summed E-state index contributed by atoms with van der Waals surface area (Å²) in [4.78, 5) is -0.556. The maximum absolute atomic E-state index is 12.1. The van der Waals surface area contributed by atoms with E-state index in [9.17, 15) is 12.3 Å². The fourth-order valence-corrected chi connectivity index (χ4v) is 2.23. The monoisotopic (exact) mass is 201 g/mol. The van der Waals surface area contributed by atoms with Crippen LogP contribution < -0.4 is 0 Å². The Morgan fingerprint density at radius 1 is 1.70 bits per heavy atom. The van der Waals surface area contributed by atoms with E-state index in [0.29, 0.717) is 0 Å². The molecule has 7 heteroatoms. The maximum atomic E-state index is 12.1. The van der Waals surface area contributed by atoms with Crippen LogP contribution in [0.5, 0.6) is 0 Å². The number of halogens is 2. The van der Waals surface area contributed by atoms with Crippen molar-refractivity contribution in [1.29, 1.82) is 0 Å². The van der Waals surface area contributed by atoms with E-state index in [1.165, 1.54) is 0 Å². The van der Waals surface area contributed by atoms with Gasteiger partial charge in [0.1, 0.15) is 4.90 Å². The number of nitrogens with zero attached hydrogens (tertiary/aromatic N) is 1. The van der Waals surface area contributed by atoms with E-state index < -0.39 is 15.1 Å². The van der Waals surface area contributed by atoms with E-state index in [-0.39, 0.29) is 5.15 Å². The molecule has 0 radical (unpaired) electrons. The summed E-state index contributed by atoms with van der Waals surface area (Å²) in [6.45, 7) is 0. The largest absolute Gasteiger partial charge is 0.336 e. The van der Waals surface area contributed by atoms with Crippen LogP contribution in [0.15, 0.2) is 10.3 Å². The van der Waals surface area contributed by atoms with Gasteiger partial charge in [-0.25, -0.2) is 0 Å². The molecule has 0 amide bonds. The van der Waals surface area contributed by atoms with Crippen LogP contribution in [-0.4, -0.2) is 12.8 Å². The molecule has 0 unspecified atom stereocenters. The first kappa shape index (κ1) is 7.90. The number of hydrogen-bond donors (Lipinski definition) is 0. The number of aromatic nitrogens is 1. The van der Waals surface area contributed by atoms with Gasteiger partial charge in [0.2, 0.25) is 0 Å². The van der Waals surface area contributed by atoms with Crippen molar-refractivity contribution in [2.45, 2.75) is 4.90 Å². The fourth-order valence-electron chi connectivity index (χ4n) is 0.372. The van der Waals surface area contributed by atoms with Crippen LogP contribution in [-0.2, 0) is 10.2 Å². The Hall–Kier alpha value is -0.200. The van der Waals surface area contributed by atoms with Crippen LogP contribution in [0.2, 0.25) is 5.15 Å². The number of hydrogen-bond acceptors (Lipinski definition) is 4. The SMILES string of the molecule is O=S(=O)(F)c1csnc1Cl. The third-order valence-electron chi connectivity index (χ3n) is 0.759. The standard InChI is InChI=1S/C3HClFNO2S2/c4-3-2(1-9-6-3)10(5,7)8/h1H. The quantitative estimate of drug-likeness (QED) is 0.647.